The van der Waals surface area contributed by atoms with Crippen LogP contribution in [0.5, 0.6) is 0 Å². The van der Waals surface area contributed by atoms with E-state index < -0.39 is 12.7 Å². The molecule has 0 aliphatic rings. The molecule has 1 rings (SSSR count). The number of thiazole rings is 1. The number of aryl methyl sites for hydroxylation is 1. The molecule has 0 atom stereocenters. The summed E-state index contributed by atoms with van der Waals surface area (Å²) in [5, 5.41) is 0.262. The van der Waals surface area contributed by atoms with Crippen molar-refractivity contribution >= 4 is 22.8 Å². The highest BCUT2D eigenvalue weighted by atomic mass is 32.1. The zero-order valence-corrected chi connectivity index (χ0v) is 11.9. The van der Waals surface area contributed by atoms with E-state index >= 15 is 0 Å². The first-order valence-corrected chi connectivity index (χ1v) is 6.88. The average Bonchev–Trinajstić information content (AvgIpc) is 2.68. The zero-order chi connectivity index (χ0) is 14.6. The Morgan fingerprint density at radius 1 is 1.42 bits per heavy atom. The van der Waals surface area contributed by atoms with Gasteiger partial charge in [0.05, 0.1) is 10.6 Å². The second-order valence-electron chi connectivity index (χ2n) is 4.51. The summed E-state index contributed by atoms with van der Waals surface area (Å²) in [7, 11) is 0. The van der Waals surface area contributed by atoms with Gasteiger partial charge in [-0.3, -0.25) is 4.79 Å². The fourth-order valence-electron chi connectivity index (χ4n) is 1.65. The molecule has 0 fully saturated rings. The van der Waals surface area contributed by atoms with Crippen LogP contribution in [0, 0.1) is 0 Å². The number of hydrogen-bond acceptors (Lipinski definition) is 4. The molecule has 19 heavy (non-hydrogen) atoms. The normalized spacial score (nSPS) is 11.9. The quantitative estimate of drug-likeness (QED) is 0.750. The third-order valence-electron chi connectivity index (χ3n) is 2.53. The SMILES string of the molecule is CCCc1nc(N(CC(F)(F)F)C(C)C)sc1C=O. The molecule has 0 spiro atoms. The van der Waals surface area contributed by atoms with Crippen molar-refractivity contribution in [2.75, 3.05) is 11.4 Å². The highest BCUT2D eigenvalue weighted by Crippen LogP contribution is 2.30. The smallest absolute Gasteiger partial charge is 0.337 e. The summed E-state index contributed by atoms with van der Waals surface area (Å²) in [5.74, 6) is 0. The number of hydrogen-bond donors (Lipinski definition) is 0. The van der Waals surface area contributed by atoms with E-state index in [4.69, 9.17) is 0 Å². The van der Waals surface area contributed by atoms with Gasteiger partial charge in [0.15, 0.2) is 11.4 Å². The highest BCUT2D eigenvalue weighted by molar-refractivity contribution is 7.17. The van der Waals surface area contributed by atoms with Gasteiger partial charge in [-0.2, -0.15) is 13.2 Å². The number of halogens is 3. The molecule has 108 valence electrons. The van der Waals surface area contributed by atoms with Crippen molar-refractivity contribution < 1.29 is 18.0 Å². The van der Waals surface area contributed by atoms with E-state index in [0.29, 0.717) is 23.3 Å². The lowest BCUT2D eigenvalue weighted by Crippen LogP contribution is -2.39. The lowest BCUT2D eigenvalue weighted by atomic mass is 10.2. The maximum Gasteiger partial charge on any atom is 0.406 e. The number of aromatic nitrogens is 1. The second kappa shape index (κ2) is 6.36. The Bertz CT molecular complexity index is 429. The van der Waals surface area contributed by atoms with E-state index in [-0.39, 0.29) is 11.2 Å². The van der Waals surface area contributed by atoms with Crippen molar-refractivity contribution in [3.8, 4) is 0 Å². The Hall–Kier alpha value is -1.11. The van der Waals surface area contributed by atoms with E-state index in [2.05, 4.69) is 4.98 Å². The molecule has 0 bridgehead atoms. The summed E-state index contributed by atoms with van der Waals surface area (Å²) < 4.78 is 37.7. The van der Waals surface area contributed by atoms with Gasteiger partial charge in [-0.1, -0.05) is 24.7 Å². The molecular weight excluding hydrogens is 277 g/mol. The van der Waals surface area contributed by atoms with Crippen LogP contribution in [0.4, 0.5) is 18.3 Å². The maximum atomic E-state index is 12.6. The van der Waals surface area contributed by atoms with Crippen LogP contribution >= 0.6 is 11.3 Å². The largest absolute Gasteiger partial charge is 0.406 e. The van der Waals surface area contributed by atoms with E-state index in [0.717, 1.165) is 17.8 Å². The van der Waals surface area contributed by atoms with E-state index in [1.54, 1.807) is 13.8 Å². The fourth-order valence-corrected chi connectivity index (χ4v) is 2.70. The highest BCUT2D eigenvalue weighted by Gasteiger charge is 2.33. The summed E-state index contributed by atoms with van der Waals surface area (Å²) in [6.07, 6.45) is -2.23. The molecule has 0 saturated carbocycles. The molecule has 1 aromatic rings. The third kappa shape index (κ3) is 4.49. The second-order valence-corrected chi connectivity index (χ2v) is 5.52. The van der Waals surface area contributed by atoms with Crippen molar-refractivity contribution in [2.45, 2.75) is 45.8 Å². The van der Waals surface area contributed by atoms with E-state index in [1.165, 1.54) is 4.90 Å². The number of rotatable bonds is 6. The summed E-state index contributed by atoms with van der Waals surface area (Å²) in [6, 6.07) is -0.332. The standard InChI is InChI=1S/C12H17F3N2OS/c1-4-5-9-10(6-18)19-11(16-9)17(8(2)3)7-12(13,14)15/h6,8H,4-5,7H2,1-3H3. The van der Waals surface area contributed by atoms with Gasteiger partial charge in [0.25, 0.3) is 0 Å². The number of aldehydes is 1. The number of nitrogens with zero attached hydrogens (tertiary/aromatic N) is 2. The van der Waals surface area contributed by atoms with Crippen LogP contribution in [0.2, 0.25) is 0 Å². The van der Waals surface area contributed by atoms with Crippen molar-refractivity contribution in [3.05, 3.63) is 10.6 Å². The minimum Gasteiger partial charge on any atom is -0.337 e. The molecular formula is C12H17F3N2OS. The van der Waals surface area contributed by atoms with E-state index in [9.17, 15) is 18.0 Å². The first-order valence-electron chi connectivity index (χ1n) is 6.06. The molecule has 1 heterocycles. The number of alkyl halides is 3. The number of carbonyl (C=O) groups is 1. The van der Waals surface area contributed by atoms with Gasteiger partial charge in [-0.25, -0.2) is 4.98 Å². The van der Waals surface area contributed by atoms with Gasteiger partial charge in [-0.15, -0.1) is 0 Å². The Kier molecular flexibility index (Phi) is 5.34. The first kappa shape index (κ1) is 15.9. The summed E-state index contributed by atoms with van der Waals surface area (Å²) >= 11 is 1.02. The van der Waals surface area contributed by atoms with Gasteiger partial charge in [0, 0.05) is 6.04 Å². The Balaban J connectivity index is 3.06. The van der Waals surface area contributed by atoms with Crippen molar-refractivity contribution in [2.24, 2.45) is 0 Å². The van der Waals surface area contributed by atoms with Gasteiger partial charge < -0.3 is 4.90 Å². The zero-order valence-electron chi connectivity index (χ0n) is 11.1. The van der Waals surface area contributed by atoms with E-state index in [1.807, 2.05) is 6.92 Å². The molecule has 3 nitrogen and oxygen atoms in total. The summed E-state index contributed by atoms with van der Waals surface area (Å²) in [5.41, 5.74) is 0.588. The lowest BCUT2D eigenvalue weighted by Gasteiger charge is -2.27. The number of anilines is 1. The molecule has 0 aliphatic carbocycles. The van der Waals surface area contributed by atoms with Crippen LogP contribution in [0.3, 0.4) is 0 Å². The third-order valence-corrected chi connectivity index (χ3v) is 3.59. The minimum atomic E-state index is -4.29. The van der Waals surface area contributed by atoms with Gasteiger partial charge in [0.2, 0.25) is 0 Å². The summed E-state index contributed by atoms with van der Waals surface area (Å²) in [6.45, 7) is 4.23. The molecule has 7 heteroatoms. The Morgan fingerprint density at radius 2 is 2.05 bits per heavy atom. The molecule has 0 saturated heterocycles. The van der Waals surface area contributed by atoms with Crippen LogP contribution in [-0.2, 0) is 6.42 Å². The van der Waals surface area contributed by atoms with Crippen LogP contribution in [-0.4, -0.2) is 30.0 Å². The van der Waals surface area contributed by atoms with Crippen molar-refractivity contribution in [1.82, 2.24) is 4.98 Å². The average molecular weight is 294 g/mol. The minimum absolute atomic E-state index is 0.262. The van der Waals surface area contributed by atoms with Crippen LogP contribution in [0.1, 0.15) is 42.6 Å². The summed E-state index contributed by atoms with van der Waals surface area (Å²) in [4.78, 5) is 16.7. The molecule has 0 N–H and O–H groups in total. The van der Waals surface area contributed by atoms with Crippen molar-refractivity contribution in [3.63, 3.8) is 0 Å². The predicted molar refractivity (Wildman–Crippen MR) is 70.0 cm³/mol. The monoisotopic (exact) mass is 294 g/mol. The molecule has 0 aliphatic heterocycles. The first-order chi connectivity index (χ1) is 8.78. The van der Waals surface area contributed by atoms with Crippen LogP contribution in [0.25, 0.3) is 0 Å². The molecule has 1 aromatic heterocycles. The Labute approximate surface area is 114 Å². The van der Waals surface area contributed by atoms with Crippen molar-refractivity contribution in [1.29, 1.82) is 0 Å². The lowest BCUT2D eigenvalue weighted by molar-refractivity contribution is -0.120. The van der Waals surface area contributed by atoms with Gasteiger partial charge in [-0.05, 0) is 20.3 Å². The molecule has 0 radical (unpaired) electrons. The molecule has 0 aromatic carbocycles. The fraction of sp³-hybridized carbons (Fsp3) is 0.667. The predicted octanol–water partition coefficient (Wildman–Crippen LogP) is 3.69. The topological polar surface area (TPSA) is 33.2 Å². The Morgan fingerprint density at radius 3 is 2.47 bits per heavy atom. The maximum absolute atomic E-state index is 12.6. The van der Waals surface area contributed by atoms with Crippen LogP contribution in [0.15, 0.2) is 0 Å². The van der Waals surface area contributed by atoms with Gasteiger partial charge in [0.1, 0.15) is 6.54 Å². The molecule has 0 unspecified atom stereocenters. The van der Waals surface area contributed by atoms with Gasteiger partial charge >= 0.3 is 6.18 Å². The van der Waals surface area contributed by atoms with Crippen LogP contribution < -0.4 is 4.90 Å². The molecule has 0 amide bonds. The number of carbonyl (C=O) groups excluding carboxylic acids is 1.